The van der Waals surface area contributed by atoms with E-state index in [9.17, 15) is 14.4 Å². The molecule has 3 amide bonds. The molecule has 0 spiro atoms. The minimum atomic E-state index is -1.02. The highest BCUT2D eigenvalue weighted by molar-refractivity contribution is 7.82. The highest BCUT2D eigenvalue weighted by Crippen LogP contribution is 2.16. The first-order chi connectivity index (χ1) is 8.91. The van der Waals surface area contributed by atoms with Gasteiger partial charge in [0.15, 0.2) is 4.99 Å². The van der Waals surface area contributed by atoms with Gasteiger partial charge in [0.1, 0.15) is 0 Å². The maximum absolute atomic E-state index is 11.8. The molecule has 0 atom stereocenters. The van der Waals surface area contributed by atoms with Gasteiger partial charge in [0, 0.05) is 7.05 Å². The van der Waals surface area contributed by atoms with E-state index in [1.54, 1.807) is 12.1 Å². The second-order valence-electron chi connectivity index (χ2n) is 4.04. The Bertz CT molecular complexity index is 582. The number of thiocarbonyl (C=S) groups is 1. The van der Waals surface area contributed by atoms with Crippen LogP contribution < -0.4 is 0 Å². The summed E-state index contributed by atoms with van der Waals surface area (Å²) in [7, 11) is 1.37. The van der Waals surface area contributed by atoms with E-state index in [1.807, 2.05) is 0 Å². The number of hydrogen-bond acceptors (Lipinski definition) is 4. The molecule has 0 unspecified atom stereocenters. The van der Waals surface area contributed by atoms with Gasteiger partial charge in [0.25, 0.3) is 5.91 Å². The number of carbonyl (C=O) groups is 3. The molecule has 1 aromatic carbocycles. The lowest BCUT2D eigenvalue weighted by Gasteiger charge is -2.14. The third kappa shape index (κ3) is 2.32. The monoisotopic (exact) mass is 278 g/mol. The Morgan fingerprint density at radius 1 is 1.26 bits per heavy atom. The van der Waals surface area contributed by atoms with Gasteiger partial charge in [0.2, 0.25) is 0 Å². The van der Waals surface area contributed by atoms with Crippen LogP contribution in [-0.2, 0) is 11.3 Å². The minimum absolute atomic E-state index is 0.0465. The van der Waals surface area contributed by atoms with Crippen LogP contribution in [0.25, 0.3) is 0 Å². The molecule has 1 N–H and O–H groups in total. The normalized spacial score (nSPS) is 15.3. The summed E-state index contributed by atoms with van der Waals surface area (Å²) >= 11 is 4.90. The topological polar surface area (TPSA) is 77.9 Å². The highest BCUT2D eigenvalue weighted by atomic mass is 32.1. The molecule has 1 aromatic rings. The molecule has 1 aliphatic heterocycles. The molecule has 0 aromatic heterocycles. The number of amides is 3. The summed E-state index contributed by atoms with van der Waals surface area (Å²) in [5, 5.41) is 8.78. The number of likely N-dealkylation sites (N-methyl/N-ethyl adjacent to an activating group) is 1. The number of nitrogens with zero attached hydrogens (tertiary/aromatic N) is 2. The van der Waals surface area contributed by atoms with Crippen LogP contribution in [-0.4, -0.2) is 44.9 Å². The summed E-state index contributed by atoms with van der Waals surface area (Å²) in [4.78, 5) is 36.1. The van der Waals surface area contributed by atoms with Crippen molar-refractivity contribution >= 4 is 35.1 Å². The molecule has 98 valence electrons. The van der Waals surface area contributed by atoms with Gasteiger partial charge in [-0.2, -0.15) is 0 Å². The molecule has 0 radical (unpaired) electrons. The molecule has 1 fully saturated rings. The van der Waals surface area contributed by atoms with Crippen LogP contribution in [0, 0.1) is 0 Å². The Labute approximate surface area is 114 Å². The Morgan fingerprint density at radius 3 is 2.26 bits per heavy atom. The van der Waals surface area contributed by atoms with Gasteiger partial charge >= 0.3 is 12.0 Å². The SMILES string of the molecule is CN1C(=O)C(=S)N(Cc2ccc(C(=O)O)cc2)C1=O. The van der Waals surface area contributed by atoms with Gasteiger partial charge < -0.3 is 5.11 Å². The first-order valence-electron chi connectivity index (χ1n) is 5.37. The molecule has 1 heterocycles. The number of benzene rings is 1. The number of carboxylic acid groups (broad SMARTS) is 1. The molecule has 0 saturated carbocycles. The smallest absolute Gasteiger partial charge is 0.335 e. The molecular formula is C12H10N2O4S. The molecule has 1 saturated heterocycles. The van der Waals surface area contributed by atoms with Crippen LogP contribution in [0.2, 0.25) is 0 Å². The second kappa shape index (κ2) is 4.77. The molecule has 1 aliphatic rings. The zero-order valence-corrected chi connectivity index (χ0v) is 10.8. The lowest BCUT2D eigenvalue weighted by atomic mass is 10.1. The number of rotatable bonds is 3. The van der Waals surface area contributed by atoms with Crippen LogP contribution in [0.3, 0.4) is 0 Å². The van der Waals surface area contributed by atoms with Gasteiger partial charge in [-0.15, -0.1) is 0 Å². The Balaban J connectivity index is 2.18. The molecule has 7 heteroatoms. The number of hydrogen-bond donors (Lipinski definition) is 1. The highest BCUT2D eigenvalue weighted by Gasteiger charge is 2.38. The van der Waals surface area contributed by atoms with E-state index in [-0.39, 0.29) is 17.1 Å². The predicted octanol–water partition coefficient (Wildman–Crippen LogP) is 1.11. The fourth-order valence-electron chi connectivity index (χ4n) is 1.69. The van der Waals surface area contributed by atoms with Crippen molar-refractivity contribution < 1.29 is 19.5 Å². The second-order valence-corrected chi connectivity index (χ2v) is 4.43. The number of urea groups is 1. The van der Waals surface area contributed by atoms with E-state index >= 15 is 0 Å². The van der Waals surface area contributed by atoms with Crippen molar-refractivity contribution in [3.8, 4) is 0 Å². The molecule has 19 heavy (non-hydrogen) atoms. The largest absolute Gasteiger partial charge is 0.478 e. The molecule has 6 nitrogen and oxygen atoms in total. The van der Waals surface area contributed by atoms with Crippen molar-refractivity contribution in [3.05, 3.63) is 35.4 Å². The van der Waals surface area contributed by atoms with Crippen molar-refractivity contribution in [2.24, 2.45) is 0 Å². The lowest BCUT2D eigenvalue weighted by molar-refractivity contribution is -0.119. The van der Waals surface area contributed by atoms with E-state index in [2.05, 4.69) is 0 Å². The van der Waals surface area contributed by atoms with Crippen molar-refractivity contribution in [1.82, 2.24) is 9.80 Å². The number of aromatic carboxylic acids is 1. The quantitative estimate of drug-likeness (QED) is 0.662. The van der Waals surface area contributed by atoms with Crippen molar-refractivity contribution in [2.75, 3.05) is 7.05 Å². The fourth-order valence-corrected chi connectivity index (χ4v) is 1.97. The lowest BCUT2D eigenvalue weighted by Crippen LogP contribution is -2.30. The first-order valence-corrected chi connectivity index (χ1v) is 5.78. The standard InChI is InChI=1S/C12H10N2O4S/c1-13-9(15)10(19)14(12(13)18)6-7-2-4-8(5-3-7)11(16)17/h2-5H,6H2,1H3,(H,16,17). The van der Waals surface area contributed by atoms with E-state index in [0.29, 0.717) is 5.56 Å². The van der Waals surface area contributed by atoms with Gasteiger partial charge in [-0.05, 0) is 17.7 Å². The maximum Gasteiger partial charge on any atom is 0.335 e. The number of carboxylic acids is 1. The zero-order chi connectivity index (χ0) is 14.2. The summed E-state index contributed by atoms with van der Waals surface area (Å²) < 4.78 is 0. The van der Waals surface area contributed by atoms with Crippen molar-refractivity contribution in [3.63, 3.8) is 0 Å². The Hall–Kier alpha value is -2.28. The maximum atomic E-state index is 11.8. The van der Waals surface area contributed by atoms with Crippen molar-refractivity contribution in [1.29, 1.82) is 0 Å². The van der Waals surface area contributed by atoms with E-state index in [0.717, 1.165) is 4.90 Å². The van der Waals surface area contributed by atoms with Crippen LogP contribution in [0.15, 0.2) is 24.3 Å². The van der Waals surface area contributed by atoms with Crippen LogP contribution in [0.1, 0.15) is 15.9 Å². The van der Waals surface area contributed by atoms with Crippen LogP contribution >= 0.6 is 12.2 Å². The van der Waals surface area contributed by atoms with Crippen molar-refractivity contribution in [2.45, 2.75) is 6.54 Å². The van der Waals surface area contributed by atoms with Gasteiger partial charge in [-0.1, -0.05) is 24.4 Å². The van der Waals surface area contributed by atoms with Crippen LogP contribution in [0.4, 0.5) is 4.79 Å². The number of carbonyl (C=O) groups excluding carboxylic acids is 2. The van der Waals surface area contributed by atoms with Crippen LogP contribution in [0.5, 0.6) is 0 Å². The fraction of sp³-hybridized carbons (Fsp3) is 0.167. The molecule has 2 rings (SSSR count). The molecule has 0 aliphatic carbocycles. The van der Waals surface area contributed by atoms with E-state index in [4.69, 9.17) is 17.3 Å². The van der Waals surface area contributed by atoms with Gasteiger partial charge in [-0.3, -0.25) is 14.6 Å². The summed E-state index contributed by atoms with van der Waals surface area (Å²) in [6.45, 7) is 0.146. The third-order valence-electron chi connectivity index (χ3n) is 2.79. The first kappa shape index (κ1) is 13.2. The van der Waals surface area contributed by atoms with Gasteiger partial charge in [0.05, 0.1) is 12.1 Å². The van der Waals surface area contributed by atoms with E-state index in [1.165, 1.54) is 24.1 Å². The molecular weight excluding hydrogens is 268 g/mol. The third-order valence-corrected chi connectivity index (χ3v) is 3.19. The zero-order valence-electron chi connectivity index (χ0n) is 9.99. The van der Waals surface area contributed by atoms with Gasteiger partial charge in [-0.25, -0.2) is 9.59 Å². The molecule has 0 bridgehead atoms. The number of imide groups is 1. The summed E-state index contributed by atoms with van der Waals surface area (Å²) in [6, 6.07) is 5.57. The Morgan fingerprint density at radius 2 is 1.84 bits per heavy atom. The average molecular weight is 278 g/mol. The van der Waals surface area contributed by atoms with E-state index < -0.39 is 17.9 Å². The summed E-state index contributed by atoms with van der Waals surface area (Å²) in [5.74, 6) is -1.52. The minimum Gasteiger partial charge on any atom is -0.478 e. The summed E-state index contributed by atoms with van der Waals surface area (Å²) in [5.41, 5.74) is 0.857. The predicted molar refractivity (Wildman–Crippen MR) is 69.7 cm³/mol. The average Bonchev–Trinajstić information content (AvgIpc) is 2.57. The summed E-state index contributed by atoms with van der Waals surface area (Å²) in [6.07, 6.45) is 0. The Kier molecular flexibility index (Phi) is 3.30.